The molecule has 0 aliphatic heterocycles. The molecule has 26 heavy (non-hydrogen) atoms. The number of hydrogen-bond acceptors (Lipinski definition) is 3. The largest absolute Gasteiger partial charge is 0.493 e. The smallest absolute Gasteiger partial charge is 0.223 e. The van der Waals surface area contributed by atoms with Crippen molar-refractivity contribution >= 4 is 23.4 Å². The maximum Gasteiger partial charge on any atom is 0.223 e. The number of nitrogens with one attached hydrogen (secondary N) is 2. The summed E-state index contributed by atoms with van der Waals surface area (Å²) in [6.45, 7) is 3.37. The lowest BCUT2D eigenvalue weighted by Gasteiger charge is -2.20. The zero-order valence-corrected chi connectivity index (χ0v) is 16.2. The minimum atomic E-state index is -0.0201. The van der Waals surface area contributed by atoms with E-state index in [1.54, 1.807) is 6.07 Å². The first kappa shape index (κ1) is 20.6. The first-order chi connectivity index (χ1) is 12.6. The molecule has 1 aliphatic carbocycles. The Kier molecular flexibility index (Phi) is 8.75. The van der Waals surface area contributed by atoms with Gasteiger partial charge in [0, 0.05) is 30.5 Å². The average molecular weight is 381 g/mol. The zero-order valence-electron chi connectivity index (χ0n) is 15.5. The molecule has 1 aromatic carbocycles. The summed E-state index contributed by atoms with van der Waals surface area (Å²) in [6.07, 6.45) is 6.56. The van der Waals surface area contributed by atoms with E-state index in [9.17, 15) is 9.59 Å². The van der Waals surface area contributed by atoms with Crippen molar-refractivity contribution in [1.82, 2.24) is 10.6 Å². The molecule has 2 amide bonds. The van der Waals surface area contributed by atoms with Gasteiger partial charge < -0.3 is 15.4 Å². The Morgan fingerprint density at radius 2 is 1.88 bits per heavy atom. The SMILES string of the molecule is Cc1cc(Cl)ccc1OCCCC(=O)NCCNC(=O)C1CCCCC1. The van der Waals surface area contributed by atoms with E-state index < -0.39 is 0 Å². The molecule has 0 saturated heterocycles. The molecule has 0 atom stereocenters. The molecule has 6 heteroatoms. The number of benzene rings is 1. The van der Waals surface area contributed by atoms with E-state index in [-0.39, 0.29) is 17.7 Å². The molecule has 0 unspecified atom stereocenters. The van der Waals surface area contributed by atoms with E-state index >= 15 is 0 Å². The Morgan fingerprint density at radius 3 is 2.62 bits per heavy atom. The van der Waals surface area contributed by atoms with Gasteiger partial charge in [0.05, 0.1) is 6.61 Å². The number of halogens is 1. The highest BCUT2D eigenvalue weighted by Gasteiger charge is 2.20. The normalized spacial score (nSPS) is 14.7. The topological polar surface area (TPSA) is 67.4 Å². The van der Waals surface area contributed by atoms with Crippen LogP contribution >= 0.6 is 11.6 Å². The summed E-state index contributed by atoms with van der Waals surface area (Å²) < 4.78 is 5.67. The van der Waals surface area contributed by atoms with Crippen LogP contribution in [0.25, 0.3) is 0 Å². The average Bonchev–Trinajstić information content (AvgIpc) is 2.64. The van der Waals surface area contributed by atoms with Gasteiger partial charge in [-0.05, 0) is 49.9 Å². The lowest BCUT2D eigenvalue weighted by molar-refractivity contribution is -0.126. The first-order valence-corrected chi connectivity index (χ1v) is 9.87. The van der Waals surface area contributed by atoms with Crippen molar-refractivity contribution < 1.29 is 14.3 Å². The molecule has 5 nitrogen and oxygen atoms in total. The summed E-state index contributed by atoms with van der Waals surface area (Å²) in [5.74, 6) is 1.06. The van der Waals surface area contributed by atoms with Crippen LogP contribution in [0.15, 0.2) is 18.2 Å². The molecule has 0 heterocycles. The summed E-state index contributed by atoms with van der Waals surface area (Å²) in [5.41, 5.74) is 0.982. The minimum Gasteiger partial charge on any atom is -0.493 e. The number of carbonyl (C=O) groups excluding carboxylic acids is 2. The van der Waals surface area contributed by atoms with Gasteiger partial charge in [0.25, 0.3) is 0 Å². The maximum absolute atomic E-state index is 12.0. The van der Waals surface area contributed by atoms with Crippen LogP contribution in [0, 0.1) is 12.8 Å². The Bertz CT molecular complexity index is 601. The molecule has 1 fully saturated rings. The number of carbonyl (C=O) groups is 2. The Balaban J connectivity index is 1.51. The third-order valence-electron chi connectivity index (χ3n) is 4.67. The highest BCUT2D eigenvalue weighted by atomic mass is 35.5. The van der Waals surface area contributed by atoms with Crippen LogP contribution < -0.4 is 15.4 Å². The van der Waals surface area contributed by atoms with Crippen molar-refractivity contribution in [2.24, 2.45) is 5.92 Å². The molecular formula is C20H29ClN2O3. The summed E-state index contributed by atoms with van der Waals surface area (Å²) in [7, 11) is 0. The monoisotopic (exact) mass is 380 g/mol. The van der Waals surface area contributed by atoms with Crippen LogP contribution in [0.5, 0.6) is 5.75 Å². The standard InChI is InChI=1S/C20H29ClN2O3/c1-15-14-17(21)9-10-18(15)26-13-5-8-19(24)22-11-12-23-20(25)16-6-3-2-4-7-16/h9-10,14,16H,2-8,11-13H2,1H3,(H,22,24)(H,23,25). The van der Waals surface area contributed by atoms with Gasteiger partial charge in [0.1, 0.15) is 5.75 Å². The van der Waals surface area contributed by atoms with Gasteiger partial charge in [-0.25, -0.2) is 0 Å². The van der Waals surface area contributed by atoms with Gasteiger partial charge in [-0.2, -0.15) is 0 Å². The third kappa shape index (κ3) is 7.24. The summed E-state index contributed by atoms with van der Waals surface area (Å²) in [5, 5.41) is 6.43. The van der Waals surface area contributed by atoms with Crippen LogP contribution in [-0.2, 0) is 9.59 Å². The van der Waals surface area contributed by atoms with Crippen molar-refractivity contribution in [2.75, 3.05) is 19.7 Å². The van der Waals surface area contributed by atoms with Crippen LogP contribution in [0.2, 0.25) is 5.02 Å². The summed E-state index contributed by atoms with van der Waals surface area (Å²) >= 11 is 5.91. The summed E-state index contributed by atoms with van der Waals surface area (Å²) in [6, 6.07) is 5.48. The molecule has 144 valence electrons. The van der Waals surface area contributed by atoms with Gasteiger partial charge in [0.2, 0.25) is 11.8 Å². The molecule has 2 N–H and O–H groups in total. The summed E-state index contributed by atoms with van der Waals surface area (Å²) in [4.78, 5) is 23.8. The fourth-order valence-corrected chi connectivity index (χ4v) is 3.40. The van der Waals surface area contributed by atoms with Gasteiger partial charge in [0.15, 0.2) is 0 Å². The van der Waals surface area contributed by atoms with E-state index in [2.05, 4.69) is 10.6 Å². The quantitative estimate of drug-likeness (QED) is 0.643. The van der Waals surface area contributed by atoms with Crippen molar-refractivity contribution in [3.8, 4) is 5.75 Å². The van der Waals surface area contributed by atoms with Crippen molar-refractivity contribution in [1.29, 1.82) is 0 Å². The predicted octanol–water partition coefficient (Wildman–Crippen LogP) is 3.62. The van der Waals surface area contributed by atoms with E-state index in [4.69, 9.17) is 16.3 Å². The Hall–Kier alpha value is -1.75. The van der Waals surface area contributed by atoms with Crippen molar-refractivity contribution in [2.45, 2.75) is 51.9 Å². The van der Waals surface area contributed by atoms with E-state index in [0.29, 0.717) is 37.6 Å². The van der Waals surface area contributed by atoms with E-state index in [0.717, 1.165) is 37.0 Å². The molecule has 0 radical (unpaired) electrons. The van der Waals surface area contributed by atoms with Crippen molar-refractivity contribution in [3.63, 3.8) is 0 Å². The first-order valence-electron chi connectivity index (χ1n) is 9.49. The predicted molar refractivity (Wildman–Crippen MR) is 104 cm³/mol. The van der Waals surface area contributed by atoms with Crippen molar-refractivity contribution in [3.05, 3.63) is 28.8 Å². The highest BCUT2D eigenvalue weighted by molar-refractivity contribution is 6.30. The zero-order chi connectivity index (χ0) is 18.8. The maximum atomic E-state index is 12.0. The lowest BCUT2D eigenvalue weighted by atomic mass is 9.89. The molecule has 1 saturated carbocycles. The number of rotatable bonds is 9. The van der Waals surface area contributed by atoms with Crippen LogP contribution in [0.4, 0.5) is 0 Å². The molecular weight excluding hydrogens is 352 g/mol. The fraction of sp³-hybridized carbons (Fsp3) is 0.600. The second kappa shape index (κ2) is 11.1. The highest BCUT2D eigenvalue weighted by Crippen LogP contribution is 2.23. The lowest BCUT2D eigenvalue weighted by Crippen LogP contribution is -2.38. The number of hydrogen-bond donors (Lipinski definition) is 2. The van der Waals surface area contributed by atoms with E-state index in [1.165, 1.54) is 6.42 Å². The van der Waals surface area contributed by atoms with Gasteiger partial charge >= 0.3 is 0 Å². The fourth-order valence-electron chi connectivity index (χ4n) is 3.17. The Labute approximate surface area is 160 Å². The van der Waals surface area contributed by atoms with Gasteiger partial charge in [-0.15, -0.1) is 0 Å². The van der Waals surface area contributed by atoms with Gasteiger partial charge in [-0.3, -0.25) is 9.59 Å². The van der Waals surface area contributed by atoms with Crippen LogP contribution in [0.1, 0.15) is 50.5 Å². The number of ether oxygens (including phenoxy) is 1. The molecule has 1 aliphatic rings. The minimum absolute atomic E-state index is 0.0201. The van der Waals surface area contributed by atoms with Crippen LogP contribution in [-0.4, -0.2) is 31.5 Å². The van der Waals surface area contributed by atoms with Crippen LogP contribution in [0.3, 0.4) is 0 Å². The molecule has 2 rings (SSSR count). The van der Waals surface area contributed by atoms with Gasteiger partial charge in [-0.1, -0.05) is 30.9 Å². The molecule has 0 aromatic heterocycles. The van der Waals surface area contributed by atoms with E-state index in [1.807, 2.05) is 19.1 Å². The second-order valence-electron chi connectivity index (χ2n) is 6.84. The number of amides is 2. The molecule has 0 bridgehead atoms. The Morgan fingerprint density at radius 1 is 1.15 bits per heavy atom. The third-order valence-corrected chi connectivity index (χ3v) is 4.90. The molecule has 0 spiro atoms. The second-order valence-corrected chi connectivity index (χ2v) is 7.27. The molecule has 1 aromatic rings. The number of aryl methyl sites for hydroxylation is 1.